The van der Waals surface area contributed by atoms with Crippen molar-refractivity contribution in [2.75, 3.05) is 0 Å². The van der Waals surface area contributed by atoms with E-state index in [2.05, 4.69) is 19.9 Å². The molecule has 0 bridgehead atoms. The second-order valence-corrected chi connectivity index (χ2v) is 4.98. The normalized spacial score (nSPS) is 11.3. The number of hydrogen-bond acceptors (Lipinski definition) is 3. The van der Waals surface area contributed by atoms with Crippen LogP contribution in [-0.4, -0.2) is 19.9 Å². The van der Waals surface area contributed by atoms with Crippen LogP contribution in [0.25, 0.3) is 33.2 Å². The van der Waals surface area contributed by atoms with Gasteiger partial charge in [-0.25, -0.2) is 9.97 Å². The Labute approximate surface area is 123 Å². The molecule has 0 aromatic carbocycles. The van der Waals surface area contributed by atoms with Gasteiger partial charge in [-0.1, -0.05) is 11.6 Å². The van der Waals surface area contributed by atoms with E-state index in [0.29, 0.717) is 16.9 Å². The number of nitrogens with zero attached hydrogens (tertiary/aromatic N) is 3. The number of aromatic amines is 1. The van der Waals surface area contributed by atoms with Crippen molar-refractivity contribution in [2.45, 2.75) is 0 Å². The standard InChI is InChI=1S/C15H8ClFN4/c16-13-9(3-6-19-14(13)17)11-2-1-8-10-7-18-5-4-12(10)21-15(8)20-11/h1-7H,(H,20,21)/i17+0. The Kier molecular flexibility index (Phi) is 2.62. The summed E-state index contributed by atoms with van der Waals surface area (Å²) in [6, 6.07) is 7.26. The van der Waals surface area contributed by atoms with Crippen molar-refractivity contribution in [1.82, 2.24) is 19.9 Å². The lowest BCUT2D eigenvalue weighted by Crippen LogP contribution is -1.90. The number of fused-ring (bicyclic) bond motifs is 3. The van der Waals surface area contributed by atoms with Gasteiger partial charge in [-0.2, -0.15) is 4.39 Å². The molecule has 0 aliphatic rings. The molecule has 4 aromatic heterocycles. The minimum absolute atomic E-state index is 0.0258. The number of pyridine rings is 3. The molecule has 0 unspecified atom stereocenters. The van der Waals surface area contributed by atoms with Gasteiger partial charge in [0.1, 0.15) is 10.7 Å². The molecule has 0 fully saturated rings. The molecule has 0 saturated carbocycles. The zero-order chi connectivity index (χ0) is 14.4. The molecule has 0 atom stereocenters. The molecule has 0 amide bonds. The molecule has 0 aliphatic heterocycles. The van der Waals surface area contributed by atoms with Crippen molar-refractivity contribution in [3.63, 3.8) is 0 Å². The molecular weight excluding hydrogens is 291 g/mol. The smallest absolute Gasteiger partial charge is 0.232 e. The third kappa shape index (κ3) is 1.86. The summed E-state index contributed by atoms with van der Waals surface area (Å²) in [5, 5.41) is 1.94. The van der Waals surface area contributed by atoms with Crippen LogP contribution in [-0.2, 0) is 0 Å². The molecule has 21 heavy (non-hydrogen) atoms. The van der Waals surface area contributed by atoms with Gasteiger partial charge in [0.15, 0.2) is 0 Å². The maximum Gasteiger partial charge on any atom is 0.232 e. The van der Waals surface area contributed by atoms with E-state index in [4.69, 9.17) is 11.6 Å². The highest BCUT2D eigenvalue weighted by atomic mass is 35.5. The van der Waals surface area contributed by atoms with Gasteiger partial charge in [0.2, 0.25) is 5.95 Å². The van der Waals surface area contributed by atoms with E-state index in [9.17, 15) is 4.39 Å². The molecule has 4 rings (SSSR count). The Hall–Kier alpha value is -2.53. The molecular formula is C15H8ClFN4. The minimum atomic E-state index is -0.697. The fourth-order valence-corrected chi connectivity index (χ4v) is 2.59. The number of halogens is 2. The molecule has 0 aliphatic carbocycles. The van der Waals surface area contributed by atoms with Crippen molar-refractivity contribution in [2.24, 2.45) is 0 Å². The van der Waals surface area contributed by atoms with E-state index in [1.807, 2.05) is 18.2 Å². The predicted octanol–water partition coefficient (Wildman–Crippen LogP) is 3.97. The summed E-state index contributed by atoms with van der Waals surface area (Å²) >= 11 is 5.96. The van der Waals surface area contributed by atoms with Crippen LogP contribution < -0.4 is 0 Å². The van der Waals surface area contributed by atoms with Crippen molar-refractivity contribution in [3.8, 4) is 11.3 Å². The zero-order valence-electron chi connectivity index (χ0n) is 10.6. The summed E-state index contributed by atoms with van der Waals surface area (Å²) in [5.74, 6) is -0.697. The summed E-state index contributed by atoms with van der Waals surface area (Å²) in [6.07, 6.45) is 4.87. The highest BCUT2D eigenvalue weighted by Crippen LogP contribution is 2.30. The first-order chi connectivity index (χ1) is 10.2. The summed E-state index contributed by atoms with van der Waals surface area (Å²) in [4.78, 5) is 15.4. The van der Waals surface area contributed by atoms with Gasteiger partial charge in [-0.3, -0.25) is 4.98 Å². The quantitative estimate of drug-likeness (QED) is 0.541. The van der Waals surface area contributed by atoms with E-state index in [-0.39, 0.29) is 5.02 Å². The monoisotopic (exact) mass is 298 g/mol. The SMILES string of the molecule is [19F]c1nccc(-c2ccc3c(n2)[nH]c2ccncc23)c1Cl. The van der Waals surface area contributed by atoms with E-state index < -0.39 is 5.95 Å². The van der Waals surface area contributed by atoms with Gasteiger partial charge < -0.3 is 4.98 Å². The van der Waals surface area contributed by atoms with E-state index in [0.717, 1.165) is 16.3 Å². The number of H-pyrrole nitrogens is 1. The molecule has 1 N–H and O–H groups in total. The highest BCUT2D eigenvalue weighted by Gasteiger charge is 2.12. The molecule has 4 nitrogen and oxygen atoms in total. The van der Waals surface area contributed by atoms with Crippen LogP contribution in [0, 0.1) is 5.95 Å². The fourth-order valence-electron chi connectivity index (χ4n) is 2.38. The van der Waals surface area contributed by atoms with Crippen molar-refractivity contribution < 1.29 is 4.39 Å². The Morgan fingerprint density at radius 3 is 2.86 bits per heavy atom. The maximum atomic E-state index is 13.5. The average Bonchev–Trinajstić information content (AvgIpc) is 2.87. The van der Waals surface area contributed by atoms with E-state index >= 15 is 0 Å². The van der Waals surface area contributed by atoms with Crippen LogP contribution >= 0.6 is 11.6 Å². The van der Waals surface area contributed by atoms with Crippen molar-refractivity contribution in [1.29, 1.82) is 0 Å². The lowest BCUT2D eigenvalue weighted by atomic mass is 10.1. The van der Waals surface area contributed by atoms with Gasteiger partial charge >= 0.3 is 0 Å². The average molecular weight is 299 g/mol. The first-order valence-electron chi connectivity index (χ1n) is 6.27. The number of aromatic nitrogens is 4. The summed E-state index contributed by atoms with van der Waals surface area (Å²) in [6.45, 7) is 0. The molecule has 4 heterocycles. The second kappa shape index (κ2) is 4.49. The molecule has 4 aromatic rings. The molecule has 102 valence electrons. The Balaban J connectivity index is 1.99. The third-order valence-electron chi connectivity index (χ3n) is 3.38. The first-order valence-corrected chi connectivity index (χ1v) is 6.64. The fraction of sp³-hybridized carbons (Fsp3) is 0. The zero-order valence-corrected chi connectivity index (χ0v) is 11.4. The molecule has 6 heteroatoms. The van der Waals surface area contributed by atoms with Crippen molar-refractivity contribution in [3.05, 3.63) is 53.8 Å². The number of rotatable bonds is 1. The van der Waals surface area contributed by atoms with Gasteiger partial charge in [0, 0.05) is 34.9 Å². The molecule has 0 saturated heterocycles. The highest BCUT2D eigenvalue weighted by molar-refractivity contribution is 6.33. The first kappa shape index (κ1) is 12.2. The lowest BCUT2D eigenvalue weighted by Gasteiger charge is -2.03. The van der Waals surface area contributed by atoms with Crippen LogP contribution in [0.3, 0.4) is 0 Å². The van der Waals surface area contributed by atoms with Gasteiger partial charge in [0.05, 0.1) is 11.2 Å². The summed E-state index contributed by atoms with van der Waals surface area (Å²) in [7, 11) is 0. The van der Waals surface area contributed by atoms with Gasteiger partial charge in [0.25, 0.3) is 0 Å². The van der Waals surface area contributed by atoms with Crippen molar-refractivity contribution >= 4 is 33.5 Å². The van der Waals surface area contributed by atoms with Crippen LogP contribution in [0.4, 0.5) is 4.39 Å². The summed E-state index contributed by atoms with van der Waals surface area (Å²) < 4.78 is 13.5. The van der Waals surface area contributed by atoms with E-state index in [1.54, 1.807) is 18.5 Å². The minimum Gasteiger partial charge on any atom is -0.339 e. The Morgan fingerprint density at radius 1 is 1.05 bits per heavy atom. The van der Waals surface area contributed by atoms with Gasteiger partial charge in [-0.15, -0.1) is 0 Å². The van der Waals surface area contributed by atoms with Crippen LogP contribution in [0.1, 0.15) is 0 Å². The topological polar surface area (TPSA) is 54.5 Å². The summed E-state index contributed by atoms with van der Waals surface area (Å²) in [5.41, 5.74) is 2.77. The number of hydrogen-bond donors (Lipinski definition) is 1. The maximum absolute atomic E-state index is 13.5. The van der Waals surface area contributed by atoms with Crippen LogP contribution in [0.5, 0.6) is 0 Å². The molecule has 0 spiro atoms. The van der Waals surface area contributed by atoms with Crippen LogP contribution in [0.15, 0.2) is 42.9 Å². The predicted molar refractivity (Wildman–Crippen MR) is 79.6 cm³/mol. The Bertz CT molecular complexity index is 980. The van der Waals surface area contributed by atoms with Gasteiger partial charge in [-0.05, 0) is 24.3 Å². The molecule has 0 radical (unpaired) electrons. The Morgan fingerprint density at radius 2 is 1.95 bits per heavy atom. The largest absolute Gasteiger partial charge is 0.339 e. The lowest BCUT2D eigenvalue weighted by molar-refractivity contribution is 0.585. The second-order valence-electron chi connectivity index (χ2n) is 4.60. The third-order valence-corrected chi connectivity index (χ3v) is 3.74. The number of nitrogens with one attached hydrogen (secondary N) is 1. The van der Waals surface area contributed by atoms with E-state index in [1.165, 1.54) is 6.20 Å². The van der Waals surface area contributed by atoms with Crippen LogP contribution in [0.2, 0.25) is 5.02 Å².